The number of methoxy groups -OCH3 is 1. The van der Waals surface area contributed by atoms with Crippen molar-refractivity contribution in [2.75, 3.05) is 12.9 Å². The predicted molar refractivity (Wildman–Crippen MR) is 136 cm³/mol. The molecule has 0 aliphatic heterocycles. The third-order valence-electron chi connectivity index (χ3n) is 5.01. The van der Waals surface area contributed by atoms with E-state index in [0.717, 1.165) is 17.0 Å². The van der Waals surface area contributed by atoms with Crippen LogP contribution in [0.25, 0.3) is 17.1 Å². The van der Waals surface area contributed by atoms with E-state index in [-0.39, 0.29) is 17.5 Å². The maximum absolute atomic E-state index is 13.1. The first-order chi connectivity index (χ1) is 16.9. The van der Waals surface area contributed by atoms with Gasteiger partial charge >= 0.3 is 0 Å². The van der Waals surface area contributed by atoms with Crippen LogP contribution in [0.15, 0.2) is 83.1 Å². The number of hydrogen-bond acceptors (Lipinski definition) is 6. The van der Waals surface area contributed by atoms with Gasteiger partial charge in [-0.15, -0.1) is 10.2 Å². The summed E-state index contributed by atoms with van der Waals surface area (Å²) < 4.78 is 20.2. The summed E-state index contributed by atoms with van der Waals surface area (Å²) in [6, 6.07) is 20.6. The van der Waals surface area contributed by atoms with Crippen LogP contribution in [0.4, 0.5) is 4.39 Å². The molecule has 0 saturated carbocycles. The zero-order chi connectivity index (χ0) is 24.8. The van der Waals surface area contributed by atoms with E-state index >= 15 is 0 Å². The number of carbonyl (C=O) groups is 1. The lowest BCUT2D eigenvalue weighted by Gasteiger charge is -2.11. The molecule has 0 bridgehead atoms. The van der Waals surface area contributed by atoms with Gasteiger partial charge in [0.2, 0.25) is 0 Å². The number of carbonyl (C=O) groups excluding carboxylic acids is 1. The van der Waals surface area contributed by atoms with Crippen LogP contribution in [0.1, 0.15) is 12.5 Å². The second-order valence-electron chi connectivity index (χ2n) is 7.37. The number of ether oxygens (including phenoxy) is 1. The molecular formula is C25H21ClFN5O2S. The number of thioether (sulfide) groups is 1. The summed E-state index contributed by atoms with van der Waals surface area (Å²) in [5, 5.41) is 13.9. The van der Waals surface area contributed by atoms with Crippen LogP contribution in [-0.4, -0.2) is 39.2 Å². The summed E-state index contributed by atoms with van der Waals surface area (Å²) in [6.07, 6.45) is 0. The van der Waals surface area contributed by atoms with E-state index in [1.165, 1.54) is 23.9 Å². The third-order valence-corrected chi connectivity index (χ3v) is 6.19. The van der Waals surface area contributed by atoms with Gasteiger partial charge in [0.1, 0.15) is 11.6 Å². The van der Waals surface area contributed by atoms with E-state index in [1.807, 2.05) is 41.0 Å². The van der Waals surface area contributed by atoms with Gasteiger partial charge in [-0.2, -0.15) is 5.10 Å². The highest BCUT2D eigenvalue weighted by Gasteiger charge is 2.17. The second kappa shape index (κ2) is 11.2. The Morgan fingerprint density at radius 3 is 2.40 bits per heavy atom. The van der Waals surface area contributed by atoms with Crippen LogP contribution in [-0.2, 0) is 4.79 Å². The van der Waals surface area contributed by atoms with Crippen molar-refractivity contribution in [1.29, 1.82) is 0 Å². The van der Waals surface area contributed by atoms with Crippen molar-refractivity contribution in [2.24, 2.45) is 5.10 Å². The van der Waals surface area contributed by atoms with Crippen LogP contribution >= 0.6 is 23.4 Å². The van der Waals surface area contributed by atoms with Crippen molar-refractivity contribution >= 4 is 35.0 Å². The van der Waals surface area contributed by atoms with Crippen molar-refractivity contribution in [3.63, 3.8) is 0 Å². The van der Waals surface area contributed by atoms with Crippen LogP contribution in [0.2, 0.25) is 5.02 Å². The number of halogens is 2. The first kappa shape index (κ1) is 24.4. The van der Waals surface area contributed by atoms with Gasteiger partial charge in [0.05, 0.1) is 18.6 Å². The van der Waals surface area contributed by atoms with Gasteiger partial charge in [0, 0.05) is 16.3 Å². The Balaban J connectivity index is 1.53. The van der Waals surface area contributed by atoms with Crippen LogP contribution in [0.5, 0.6) is 5.75 Å². The highest BCUT2D eigenvalue weighted by molar-refractivity contribution is 7.99. The minimum atomic E-state index is -0.333. The first-order valence-corrected chi connectivity index (χ1v) is 11.9. The highest BCUT2D eigenvalue weighted by atomic mass is 35.5. The lowest BCUT2D eigenvalue weighted by Crippen LogP contribution is -2.21. The Morgan fingerprint density at radius 1 is 1.06 bits per heavy atom. The molecule has 178 valence electrons. The lowest BCUT2D eigenvalue weighted by molar-refractivity contribution is -0.118. The summed E-state index contributed by atoms with van der Waals surface area (Å²) in [6.45, 7) is 1.74. The largest absolute Gasteiger partial charge is 0.497 e. The molecule has 0 aliphatic rings. The Morgan fingerprint density at radius 2 is 1.74 bits per heavy atom. The number of hydrogen-bond donors (Lipinski definition) is 1. The van der Waals surface area contributed by atoms with E-state index < -0.39 is 0 Å². The molecule has 4 rings (SSSR count). The van der Waals surface area contributed by atoms with E-state index in [4.69, 9.17) is 16.3 Å². The first-order valence-electron chi connectivity index (χ1n) is 10.5. The molecule has 0 unspecified atom stereocenters. The Kier molecular flexibility index (Phi) is 7.79. The van der Waals surface area contributed by atoms with E-state index in [2.05, 4.69) is 20.7 Å². The molecule has 1 aromatic heterocycles. The molecule has 1 heterocycles. The molecule has 7 nitrogen and oxygen atoms in total. The molecule has 0 aliphatic carbocycles. The number of rotatable bonds is 8. The summed E-state index contributed by atoms with van der Waals surface area (Å²) in [5.74, 6) is 0.764. The van der Waals surface area contributed by atoms with Gasteiger partial charge in [0.25, 0.3) is 5.91 Å². The van der Waals surface area contributed by atoms with Crippen LogP contribution < -0.4 is 10.2 Å². The molecule has 3 aromatic carbocycles. The second-order valence-corrected chi connectivity index (χ2v) is 8.75. The van der Waals surface area contributed by atoms with Gasteiger partial charge in [-0.3, -0.25) is 9.36 Å². The monoisotopic (exact) mass is 509 g/mol. The summed E-state index contributed by atoms with van der Waals surface area (Å²) >= 11 is 7.30. The number of aromatic nitrogens is 3. The van der Waals surface area contributed by atoms with Crippen molar-refractivity contribution in [1.82, 2.24) is 20.2 Å². The summed E-state index contributed by atoms with van der Waals surface area (Å²) in [7, 11) is 1.61. The quantitative estimate of drug-likeness (QED) is 0.196. The smallest absolute Gasteiger partial charge is 0.250 e. The SMILES string of the molecule is COc1ccc(-c2nnc(SCC(=O)NN=C(C)c3ccc(F)cc3)n2-c2ccc(Cl)cc2)cc1. The molecule has 0 radical (unpaired) electrons. The zero-order valence-electron chi connectivity index (χ0n) is 18.9. The molecule has 0 fully saturated rings. The van der Waals surface area contributed by atoms with Crippen molar-refractivity contribution < 1.29 is 13.9 Å². The molecule has 10 heteroatoms. The van der Waals surface area contributed by atoms with Gasteiger partial charge in [-0.1, -0.05) is 35.5 Å². The molecule has 1 amide bonds. The molecule has 4 aromatic rings. The third kappa shape index (κ3) is 6.06. The van der Waals surface area contributed by atoms with Crippen molar-refractivity contribution in [2.45, 2.75) is 12.1 Å². The number of benzene rings is 3. The number of nitrogens with zero attached hydrogens (tertiary/aromatic N) is 4. The Hall–Kier alpha value is -3.69. The normalized spacial score (nSPS) is 11.4. The molecule has 1 N–H and O–H groups in total. The predicted octanol–water partition coefficient (Wildman–Crippen LogP) is 5.37. The van der Waals surface area contributed by atoms with Crippen LogP contribution in [0.3, 0.4) is 0 Å². The maximum atomic E-state index is 13.1. The molecule has 0 atom stereocenters. The number of hydrazone groups is 1. The fraction of sp³-hybridized carbons (Fsp3) is 0.120. The van der Waals surface area contributed by atoms with E-state index in [1.54, 1.807) is 38.3 Å². The lowest BCUT2D eigenvalue weighted by atomic mass is 10.1. The Labute approximate surface area is 211 Å². The molecule has 35 heavy (non-hydrogen) atoms. The van der Waals surface area contributed by atoms with Gasteiger partial charge in [-0.25, -0.2) is 9.82 Å². The summed E-state index contributed by atoms with van der Waals surface area (Å²) in [5.41, 5.74) is 5.45. The van der Waals surface area contributed by atoms with Crippen molar-refractivity contribution in [3.05, 3.63) is 89.2 Å². The minimum absolute atomic E-state index is 0.0640. The average Bonchev–Trinajstić information content (AvgIpc) is 3.31. The molecule has 0 spiro atoms. The van der Waals surface area contributed by atoms with Gasteiger partial charge in [-0.05, 0) is 73.2 Å². The number of nitrogens with one attached hydrogen (secondary N) is 1. The molecular weight excluding hydrogens is 489 g/mol. The minimum Gasteiger partial charge on any atom is -0.497 e. The average molecular weight is 510 g/mol. The number of amides is 1. The highest BCUT2D eigenvalue weighted by Crippen LogP contribution is 2.29. The maximum Gasteiger partial charge on any atom is 0.250 e. The molecule has 0 saturated heterocycles. The van der Waals surface area contributed by atoms with Crippen LogP contribution in [0, 0.1) is 5.82 Å². The van der Waals surface area contributed by atoms with E-state index in [0.29, 0.717) is 27.3 Å². The Bertz CT molecular complexity index is 1340. The fourth-order valence-electron chi connectivity index (χ4n) is 3.18. The standard InChI is InChI=1S/C25H21ClFN5O2S/c1-16(17-3-9-20(27)10-4-17)28-29-23(33)15-35-25-31-30-24(18-5-13-22(34-2)14-6-18)32(25)21-11-7-19(26)8-12-21/h3-14H,15H2,1-2H3,(H,29,33). The summed E-state index contributed by atoms with van der Waals surface area (Å²) in [4.78, 5) is 12.5. The van der Waals surface area contributed by atoms with Gasteiger partial charge < -0.3 is 4.74 Å². The topological polar surface area (TPSA) is 81.4 Å². The van der Waals surface area contributed by atoms with Gasteiger partial charge in [0.15, 0.2) is 11.0 Å². The fourth-order valence-corrected chi connectivity index (χ4v) is 4.05. The van der Waals surface area contributed by atoms with E-state index in [9.17, 15) is 9.18 Å². The zero-order valence-corrected chi connectivity index (χ0v) is 20.5. The van der Waals surface area contributed by atoms with Crippen molar-refractivity contribution in [3.8, 4) is 22.8 Å².